The third-order valence-electron chi connectivity index (χ3n) is 17.9. The predicted molar refractivity (Wildman–Crippen MR) is 379 cm³/mol. The lowest BCUT2D eigenvalue weighted by Gasteiger charge is -2.36. The van der Waals surface area contributed by atoms with E-state index < -0.39 is 0 Å². The Kier molecular flexibility index (Phi) is 14.1. The molecule has 8 aromatic heterocycles. The van der Waals surface area contributed by atoms with E-state index in [-0.39, 0.29) is 0 Å². The minimum absolute atomic E-state index is 0.704. The highest BCUT2D eigenvalue weighted by Gasteiger charge is 2.33. The monoisotopic (exact) mass is 1190 g/mol. The topological polar surface area (TPSA) is 116 Å². The molecule has 0 aliphatic heterocycles. The van der Waals surface area contributed by atoms with E-state index in [9.17, 15) is 0 Å². The van der Waals surface area contributed by atoms with Gasteiger partial charge in [0.1, 0.15) is 22.1 Å². The first-order valence-electron chi connectivity index (χ1n) is 31.6. The highest BCUT2D eigenvalue weighted by molar-refractivity contribution is 6.33. The average Bonchev–Trinajstić information content (AvgIpc) is 0.699. The zero-order valence-electron chi connectivity index (χ0n) is 51.4. The summed E-state index contributed by atoms with van der Waals surface area (Å²) < 4.78 is 0. The first-order valence-corrected chi connectivity index (χ1v) is 31.6. The van der Waals surface area contributed by atoms with Crippen LogP contribution < -0.4 is 19.6 Å². The predicted octanol–water partition coefficient (Wildman–Crippen LogP) is 20.5. The van der Waals surface area contributed by atoms with Gasteiger partial charge in [0.25, 0.3) is 0 Å². The maximum absolute atomic E-state index is 5.22. The van der Waals surface area contributed by atoms with Crippen LogP contribution in [0.2, 0.25) is 0 Å². The maximum atomic E-state index is 5.22. The van der Waals surface area contributed by atoms with Crippen molar-refractivity contribution >= 4 is 145 Å². The summed E-state index contributed by atoms with van der Waals surface area (Å²) in [5.41, 5.74) is 22.2. The van der Waals surface area contributed by atoms with Gasteiger partial charge in [0.05, 0.1) is 67.6 Å². The summed E-state index contributed by atoms with van der Waals surface area (Å²) in [5, 5.41) is 6.26. The van der Waals surface area contributed by atoms with E-state index in [0.29, 0.717) is 25.7 Å². The van der Waals surface area contributed by atoms with Crippen molar-refractivity contribution in [3.05, 3.63) is 278 Å². The molecule has 8 aromatic carbocycles. The molecule has 0 atom stereocenters. The van der Waals surface area contributed by atoms with Crippen LogP contribution in [0.4, 0.5) is 68.2 Å². The molecule has 0 aliphatic carbocycles. The second kappa shape index (κ2) is 23.3. The van der Waals surface area contributed by atoms with Gasteiger partial charge < -0.3 is 19.6 Å². The highest BCUT2D eigenvalue weighted by Crippen LogP contribution is 2.57. The molecular formula is C80H62N12. The fourth-order valence-corrected chi connectivity index (χ4v) is 13.7. The van der Waals surface area contributed by atoms with E-state index in [1.807, 2.05) is 73.8 Å². The molecule has 0 saturated heterocycles. The van der Waals surface area contributed by atoms with Crippen LogP contribution in [-0.2, 0) is 25.7 Å². The summed E-state index contributed by atoms with van der Waals surface area (Å²) in [7, 11) is 0. The maximum Gasteiger partial charge on any atom is 0.113 e. The van der Waals surface area contributed by atoms with Crippen LogP contribution in [0.5, 0.6) is 0 Å². The molecular weight excluding hydrogens is 1130 g/mol. The van der Waals surface area contributed by atoms with E-state index in [2.05, 4.69) is 229 Å². The number of nitrogens with zero attached hydrogens (tertiary/aromatic N) is 12. The van der Waals surface area contributed by atoms with Gasteiger partial charge in [-0.25, -0.2) is 0 Å². The summed E-state index contributed by atoms with van der Waals surface area (Å²) >= 11 is 0. The third kappa shape index (κ3) is 9.12. The Bertz CT molecular complexity index is 4770. The average molecular weight is 1190 g/mol. The second-order valence-corrected chi connectivity index (χ2v) is 23.0. The lowest BCUT2D eigenvalue weighted by molar-refractivity contribution is 1.09. The molecule has 0 N–H and O–H groups in total. The molecule has 16 aromatic rings. The van der Waals surface area contributed by atoms with Crippen LogP contribution in [0.25, 0.3) is 76.5 Å². The summed E-state index contributed by atoms with van der Waals surface area (Å²) in [4.78, 5) is 50.9. The summed E-state index contributed by atoms with van der Waals surface area (Å²) in [6, 6.07) is 73.4. The molecule has 92 heavy (non-hydrogen) atoms. The van der Waals surface area contributed by atoms with Gasteiger partial charge >= 0.3 is 0 Å². The number of para-hydroxylation sites is 4. The summed E-state index contributed by atoms with van der Waals surface area (Å²) in [5.74, 6) is 0. The van der Waals surface area contributed by atoms with Crippen molar-refractivity contribution in [2.75, 3.05) is 19.6 Å². The second-order valence-electron chi connectivity index (χ2n) is 23.0. The third-order valence-corrected chi connectivity index (χ3v) is 17.9. The van der Waals surface area contributed by atoms with Crippen LogP contribution in [0.3, 0.4) is 0 Å². The molecule has 0 unspecified atom stereocenters. The lowest BCUT2D eigenvalue weighted by Crippen LogP contribution is -2.18. The van der Waals surface area contributed by atoms with Crippen molar-refractivity contribution in [1.82, 2.24) is 39.9 Å². The van der Waals surface area contributed by atoms with Crippen LogP contribution in [0.1, 0.15) is 49.9 Å². The molecule has 442 valence electrons. The number of rotatable bonds is 16. The van der Waals surface area contributed by atoms with Gasteiger partial charge in [-0.15, -0.1) is 0 Å². The first-order chi connectivity index (χ1) is 45.5. The fraction of sp³-hybridized carbons (Fsp3) is 0.100. The number of aromatic nitrogens is 8. The summed E-state index contributed by atoms with van der Waals surface area (Å²) in [6.45, 7) is 8.82. The van der Waals surface area contributed by atoms with Crippen molar-refractivity contribution in [2.45, 2.75) is 53.4 Å². The number of fused-ring (bicyclic) bond motifs is 4. The van der Waals surface area contributed by atoms with Crippen LogP contribution in [0, 0.1) is 0 Å². The van der Waals surface area contributed by atoms with Crippen LogP contribution in [-0.4, -0.2) is 39.9 Å². The van der Waals surface area contributed by atoms with Gasteiger partial charge in [0, 0.05) is 105 Å². The van der Waals surface area contributed by atoms with E-state index in [1.54, 1.807) is 0 Å². The van der Waals surface area contributed by atoms with Gasteiger partial charge in [-0.3, -0.25) is 39.9 Å². The molecule has 12 nitrogen and oxygen atoms in total. The Morgan fingerprint density at radius 1 is 0.250 bits per heavy atom. The number of hydrogen-bond donors (Lipinski definition) is 0. The van der Waals surface area contributed by atoms with Gasteiger partial charge in [-0.2, -0.15) is 0 Å². The Hall–Kier alpha value is -11.8. The van der Waals surface area contributed by atoms with E-state index >= 15 is 0 Å². The molecule has 0 aliphatic rings. The number of anilines is 12. The Labute approximate surface area is 532 Å². The zero-order valence-corrected chi connectivity index (χ0v) is 51.4. The quantitative estimate of drug-likeness (QED) is 0.0858. The van der Waals surface area contributed by atoms with Crippen molar-refractivity contribution < 1.29 is 0 Å². The van der Waals surface area contributed by atoms with Crippen molar-refractivity contribution in [2.24, 2.45) is 0 Å². The standard InChI is InChI=1S/C80H62N12/c1-5-51-47-85-63-33-21-41-81-73(63)77(51)89(55-25-13-9-14-26-55)67-45-68(90(56-27-15-10-16-28-56)78-52(6-2)48-86-64-34-22-42-82-74(64)78)60-39-40-62-70(92(58-31-19-12-20-32-58)80-54(8-4)50-88-66-36-24-44-84-76(66)80)46-69(61-38-37-59(67)71(60)72(61)62)91(57-29-17-11-18-30-57)79-53(7-3)49-87-65-35-23-43-83-75(65)79/h9-50H,5-8H2,1-4H3. The van der Waals surface area contributed by atoms with Crippen molar-refractivity contribution in [3.63, 3.8) is 0 Å². The number of aryl methyl sites for hydroxylation is 4. The largest absolute Gasteiger partial charge is 0.307 e. The minimum Gasteiger partial charge on any atom is -0.307 e. The first kappa shape index (κ1) is 55.5. The van der Waals surface area contributed by atoms with E-state index in [4.69, 9.17) is 39.9 Å². The van der Waals surface area contributed by atoms with Gasteiger partial charge in [0.15, 0.2) is 0 Å². The number of pyridine rings is 8. The molecule has 0 spiro atoms. The molecule has 0 fully saturated rings. The Morgan fingerprint density at radius 3 is 0.696 bits per heavy atom. The van der Waals surface area contributed by atoms with Gasteiger partial charge in [-0.05, 0) is 157 Å². The molecule has 0 amide bonds. The molecule has 16 rings (SSSR count). The van der Waals surface area contributed by atoms with E-state index in [1.165, 1.54) is 0 Å². The SMILES string of the molecule is CCc1cnc2cccnc2c1N(c1ccccc1)c1cc(N(c2ccccc2)c2c(CC)cnc3cccnc23)c2ccc3c(N(c4ccccc4)c4c(CC)cnc5cccnc45)cc(N(c4ccccc4)c4c(CC)cnc5cccnc45)c4ccc1c2c43. The highest BCUT2D eigenvalue weighted by atomic mass is 15.2. The molecule has 8 heterocycles. The van der Waals surface area contributed by atoms with E-state index in [0.717, 1.165) is 167 Å². The molecule has 0 bridgehead atoms. The van der Waals surface area contributed by atoms with Gasteiger partial charge in [-0.1, -0.05) is 125 Å². The zero-order chi connectivity index (χ0) is 61.8. The van der Waals surface area contributed by atoms with Crippen molar-refractivity contribution in [1.29, 1.82) is 0 Å². The number of benzene rings is 8. The van der Waals surface area contributed by atoms with Crippen molar-refractivity contribution in [3.8, 4) is 0 Å². The molecule has 0 saturated carbocycles. The van der Waals surface area contributed by atoms with Crippen LogP contribution >= 0.6 is 0 Å². The Morgan fingerprint density at radius 2 is 0.478 bits per heavy atom. The van der Waals surface area contributed by atoms with Crippen LogP contribution in [0.15, 0.2) is 256 Å². The smallest absolute Gasteiger partial charge is 0.113 e. The molecule has 12 heteroatoms. The minimum atomic E-state index is 0.704. The number of hydrogen-bond acceptors (Lipinski definition) is 12. The summed E-state index contributed by atoms with van der Waals surface area (Å²) in [6.07, 6.45) is 18.5. The van der Waals surface area contributed by atoms with Gasteiger partial charge in [0.2, 0.25) is 0 Å². The fourth-order valence-electron chi connectivity index (χ4n) is 13.7. The lowest BCUT2D eigenvalue weighted by atomic mass is 9.88. The molecule has 0 radical (unpaired) electrons. The normalized spacial score (nSPS) is 11.7. The Balaban J connectivity index is 1.16.